The number of fused-ring (bicyclic) bond motifs is 1. The summed E-state index contributed by atoms with van der Waals surface area (Å²) < 4.78 is 21.7. The van der Waals surface area contributed by atoms with Gasteiger partial charge in [0.25, 0.3) is 0 Å². The molecule has 3 nitrogen and oxygen atoms in total. The van der Waals surface area contributed by atoms with E-state index in [1.807, 2.05) is 24.4 Å². The lowest BCUT2D eigenvalue weighted by molar-refractivity contribution is 0.0906. The van der Waals surface area contributed by atoms with Crippen LogP contribution >= 0.6 is 11.6 Å². The Bertz CT molecular complexity index is 828. The summed E-state index contributed by atoms with van der Waals surface area (Å²) >= 11 is 6.47. The molecule has 1 saturated carbocycles. The molecule has 1 atom stereocenters. The number of carbonyl (C=O) groups excluding carboxylic acids is 1. The molecule has 0 spiro atoms. The van der Waals surface area contributed by atoms with Crippen molar-refractivity contribution in [1.29, 1.82) is 0 Å². The number of hydrogen-bond donors (Lipinski definition) is 0. The van der Waals surface area contributed by atoms with E-state index in [2.05, 4.69) is 4.57 Å². The number of rotatable bonds is 5. The summed E-state index contributed by atoms with van der Waals surface area (Å²) in [7, 11) is 0. The minimum absolute atomic E-state index is 0.138. The molecule has 1 aromatic heterocycles. The van der Waals surface area contributed by atoms with E-state index < -0.39 is 5.67 Å². The number of carbonyl (C=O) groups is 1. The molecule has 1 unspecified atom stereocenters. The lowest BCUT2D eigenvalue weighted by Crippen LogP contribution is -2.26. The van der Waals surface area contributed by atoms with Crippen molar-refractivity contribution in [3.8, 4) is 0 Å². The van der Waals surface area contributed by atoms with Crippen molar-refractivity contribution >= 4 is 28.3 Å². The van der Waals surface area contributed by atoms with Gasteiger partial charge in [0.15, 0.2) is 5.78 Å². The summed E-state index contributed by atoms with van der Waals surface area (Å²) in [5, 5.41) is 1.48. The predicted molar refractivity (Wildman–Crippen MR) is 106 cm³/mol. The van der Waals surface area contributed by atoms with Gasteiger partial charge in [-0.15, -0.1) is 0 Å². The summed E-state index contributed by atoms with van der Waals surface area (Å²) in [6.45, 7) is 3.12. The van der Waals surface area contributed by atoms with Crippen LogP contribution < -0.4 is 0 Å². The lowest BCUT2D eigenvalue weighted by Gasteiger charge is -2.30. The fourth-order valence-electron chi connectivity index (χ4n) is 4.56. The van der Waals surface area contributed by atoms with E-state index in [9.17, 15) is 9.18 Å². The van der Waals surface area contributed by atoms with Crippen LogP contribution in [0.3, 0.4) is 0 Å². The number of nitrogens with zero attached hydrogens (tertiary/aromatic N) is 1. The van der Waals surface area contributed by atoms with E-state index >= 15 is 0 Å². The van der Waals surface area contributed by atoms with Gasteiger partial charge in [0.1, 0.15) is 5.67 Å². The second-order valence-electron chi connectivity index (χ2n) is 8.42. The highest BCUT2D eigenvalue weighted by Gasteiger charge is 2.31. The van der Waals surface area contributed by atoms with Gasteiger partial charge in [0.2, 0.25) is 0 Å². The first-order valence-corrected chi connectivity index (χ1v) is 10.4. The largest absolute Gasteiger partial charge is 0.379 e. The highest BCUT2D eigenvalue weighted by atomic mass is 35.5. The summed E-state index contributed by atoms with van der Waals surface area (Å²) in [6, 6.07) is 6.06. The van der Waals surface area contributed by atoms with Gasteiger partial charge in [0.05, 0.1) is 23.2 Å². The van der Waals surface area contributed by atoms with Gasteiger partial charge in [-0.3, -0.25) is 4.79 Å². The van der Waals surface area contributed by atoms with Gasteiger partial charge in [0, 0.05) is 30.2 Å². The van der Waals surface area contributed by atoms with Gasteiger partial charge < -0.3 is 9.30 Å². The topological polar surface area (TPSA) is 31.2 Å². The number of Topliss-reactive ketones (excluding diaryl/α,β-unsaturated/α-hetero) is 1. The smallest absolute Gasteiger partial charge is 0.165 e. The van der Waals surface area contributed by atoms with Crippen LogP contribution in [0.4, 0.5) is 4.39 Å². The number of hydrogen-bond acceptors (Lipinski definition) is 2. The third-order valence-electron chi connectivity index (χ3n) is 6.33. The molecule has 0 radical (unpaired) electrons. The van der Waals surface area contributed by atoms with E-state index in [1.165, 1.54) is 0 Å². The Balaban J connectivity index is 1.53. The standard InChI is InChI=1S/C22H27ClFNO2/c1-22(24)10-7-15(8-11-22)5-6-20(26)17-13-25(16-9-12-27-14-16)19-4-2-3-18(23)21(17)19/h2-4,13,15-16H,5-12,14H2,1H3. The van der Waals surface area contributed by atoms with Gasteiger partial charge in [-0.2, -0.15) is 0 Å². The summed E-state index contributed by atoms with van der Waals surface area (Å²) in [5.41, 5.74) is 0.700. The van der Waals surface area contributed by atoms with Crippen molar-refractivity contribution in [3.05, 3.63) is 35.0 Å². The molecule has 2 aliphatic rings. The van der Waals surface area contributed by atoms with Crippen molar-refractivity contribution in [3.63, 3.8) is 0 Å². The minimum atomic E-state index is -1.02. The van der Waals surface area contributed by atoms with Crippen molar-refractivity contribution in [2.45, 2.75) is 63.6 Å². The fraction of sp³-hybridized carbons (Fsp3) is 0.591. The molecule has 1 aliphatic heterocycles. The first-order valence-electron chi connectivity index (χ1n) is 10.0. The fourth-order valence-corrected chi connectivity index (χ4v) is 4.83. The van der Waals surface area contributed by atoms with Gasteiger partial charge in [-0.05, 0) is 63.5 Å². The molecule has 27 heavy (non-hydrogen) atoms. The van der Waals surface area contributed by atoms with Crippen LogP contribution in [-0.4, -0.2) is 29.2 Å². The molecule has 4 rings (SSSR count). The monoisotopic (exact) mass is 391 g/mol. The first-order chi connectivity index (χ1) is 12.9. The first kappa shape index (κ1) is 18.9. The summed E-state index contributed by atoms with van der Waals surface area (Å²) in [6.07, 6.45) is 7.23. The van der Waals surface area contributed by atoms with Crippen molar-refractivity contribution in [2.24, 2.45) is 5.92 Å². The molecule has 0 amide bonds. The van der Waals surface area contributed by atoms with Gasteiger partial charge in [-0.1, -0.05) is 17.7 Å². The maximum Gasteiger partial charge on any atom is 0.165 e. The van der Waals surface area contributed by atoms with Crippen LogP contribution in [-0.2, 0) is 4.74 Å². The van der Waals surface area contributed by atoms with E-state index in [1.54, 1.807) is 6.92 Å². The Morgan fingerprint density at radius 2 is 2.11 bits per heavy atom. The average molecular weight is 392 g/mol. The Labute approximate surface area is 164 Å². The Morgan fingerprint density at radius 1 is 1.33 bits per heavy atom. The number of alkyl halides is 1. The normalized spacial score (nSPS) is 28.7. The van der Waals surface area contributed by atoms with Gasteiger partial charge >= 0.3 is 0 Å². The zero-order valence-corrected chi connectivity index (χ0v) is 16.6. The molecule has 2 heterocycles. The summed E-state index contributed by atoms with van der Waals surface area (Å²) in [5.74, 6) is 0.587. The second kappa shape index (κ2) is 7.56. The van der Waals surface area contributed by atoms with E-state index in [0.29, 0.717) is 42.4 Å². The Morgan fingerprint density at radius 3 is 2.81 bits per heavy atom. The minimum Gasteiger partial charge on any atom is -0.379 e. The highest BCUT2D eigenvalue weighted by molar-refractivity contribution is 6.37. The number of halogens is 2. The van der Waals surface area contributed by atoms with Crippen molar-refractivity contribution < 1.29 is 13.9 Å². The number of aromatic nitrogens is 1. The molecule has 1 aliphatic carbocycles. The SMILES string of the molecule is CC1(F)CCC(CCC(=O)c2cn(C3CCOC3)c3cccc(Cl)c23)CC1. The molecule has 2 fully saturated rings. The maximum atomic E-state index is 14.0. The predicted octanol–water partition coefficient (Wildman–Crippen LogP) is 6.14. The number of benzene rings is 1. The van der Waals surface area contributed by atoms with Crippen molar-refractivity contribution in [1.82, 2.24) is 4.57 Å². The maximum absolute atomic E-state index is 14.0. The molecule has 0 bridgehead atoms. The van der Waals surface area contributed by atoms with E-state index in [4.69, 9.17) is 16.3 Å². The third kappa shape index (κ3) is 3.93. The molecule has 0 N–H and O–H groups in total. The van der Waals surface area contributed by atoms with Crippen LogP contribution in [0.25, 0.3) is 10.9 Å². The Hall–Kier alpha value is -1.39. The quantitative estimate of drug-likeness (QED) is 0.573. The third-order valence-corrected chi connectivity index (χ3v) is 6.65. The summed E-state index contributed by atoms with van der Waals surface area (Å²) in [4.78, 5) is 13.0. The number of ether oxygens (including phenoxy) is 1. The van der Waals surface area contributed by atoms with E-state index in [-0.39, 0.29) is 11.8 Å². The van der Waals surface area contributed by atoms with Gasteiger partial charge in [-0.25, -0.2) is 4.39 Å². The van der Waals surface area contributed by atoms with Crippen LogP contribution in [0, 0.1) is 5.92 Å². The van der Waals surface area contributed by atoms with Crippen molar-refractivity contribution in [2.75, 3.05) is 13.2 Å². The zero-order valence-electron chi connectivity index (χ0n) is 15.8. The molecular weight excluding hydrogens is 365 g/mol. The number of ketones is 1. The molecule has 1 aromatic carbocycles. The molecule has 5 heteroatoms. The highest BCUT2D eigenvalue weighted by Crippen LogP contribution is 2.38. The van der Waals surface area contributed by atoms with Crippen LogP contribution in [0.5, 0.6) is 0 Å². The Kier molecular flexibility index (Phi) is 5.30. The van der Waals surface area contributed by atoms with Crippen LogP contribution in [0.1, 0.15) is 68.3 Å². The molecule has 1 saturated heterocycles. The van der Waals surface area contributed by atoms with Crippen LogP contribution in [0.15, 0.2) is 24.4 Å². The second-order valence-corrected chi connectivity index (χ2v) is 8.83. The molecule has 2 aromatic rings. The molecule has 146 valence electrons. The zero-order chi connectivity index (χ0) is 19.0. The molecular formula is C22H27ClFNO2. The average Bonchev–Trinajstić information content (AvgIpc) is 3.28. The lowest BCUT2D eigenvalue weighted by atomic mass is 9.79. The van der Waals surface area contributed by atoms with E-state index in [0.717, 1.165) is 43.2 Å². The van der Waals surface area contributed by atoms with Crippen LogP contribution in [0.2, 0.25) is 5.02 Å².